The van der Waals surface area contributed by atoms with Gasteiger partial charge >= 0.3 is 18.2 Å². The summed E-state index contributed by atoms with van der Waals surface area (Å²) in [6.45, 7) is 8.32. The number of β-lactam (4-membered cyclic amide) rings is 1. The Balaban J connectivity index is 1.79. The molecule has 1 aromatic rings. The lowest BCUT2D eigenvalue weighted by molar-refractivity contribution is -0.153. The highest BCUT2D eigenvalue weighted by Gasteiger charge is 2.55. The average molecular weight is 729 g/mol. The van der Waals surface area contributed by atoms with Crippen molar-refractivity contribution >= 4 is 88.2 Å². The topological polar surface area (TPSA) is 150 Å². The Kier molecular flexibility index (Phi) is 12.6. The number of benzene rings is 1. The maximum atomic E-state index is 13.5. The van der Waals surface area contributed by atoms with E-state index in [1.54, 1.807) is 51.1 Å². The molecule has 0 radical (unpaired) electrons. The molecule has 0 bridgehead atoms. The van der Waals surface area contributed by atoms with Gasteiger partial charge in [0.25, 0.3) is 5.91 Å². The van der Waals surface area contributed by atoms with Crippen molar-refractivity contribution in [3.05, 3.63) is 47.2 Å². The number of alkyl halides is 4. The van der Waals surface area contributed by atoms with Gasteiger partial charge in [0.15, 0.2) is 0 Å². The number of hydrogen-bond acceptors (Lipinski definition) is 10. The minimum absolute atomic E-state index is 0.00732. The van der Waals surface area contributed by atoms with Gasteiger partial charge in [0.1, 0.15) is 35.4 Å². The predicted molar refractivity (Wildman–Crippen MR) is 169 cm³/mol. The van der Waals surface area contributed by atoms with E-state index in [2.05, 4.69) is 10.6 Å². The fourth-order valence-corrected chi connectivity index (χ4v) is 5.57. The van der Waals surface area contributed by atoms with Gasteiger partial charge in [-0.3, -0.25) is 14.5 Å². The van der Waals surface area contributed by atoms with Crippen molar-refractivity contribution in [3.8, 4) is 0 Å². The molecule has 3 rings (SSSR count). The normalized spacial score (nSPS) is 19.5. The number of fused-ring (bicyclic) bond motifs is 1. The minimum Gasteiger partial charge on any atom is -0.461 e. The molecule has 248 valence electrons. The monoisotopic (exact) mass is 727 g/mol. The molecule has 45 heavy (non-hydrogen) atoms. The Hall–Kier alpha value is -2.58. The third kappa shape index (κ3) is 10.2. The van der Waals surface area contributed by atoms with Gasteiger partial charge < -0.3 is 29.6 Å². The number of hydrogen-bond donors (Lipinski definition) is 2. The summed E-state index contributed by atoms with van der Waals surface area (Å²) in [5.41, 5.74) is -1.90. The number of thioether (sulfide) groups is 1. The summed E-state index contributed by atoms with van der Waals surface area (Å²) in [4.78, 5) is 66.0. The SMILES string of the molecule is CC(C)COC(=O)C1=C(COC(=O)OC(Cl)C(Cl)(Cl)Cl)CS[C@@H]2[C@H](NC(=O)C(NC(=O)OC(C)(C)C)c3ccccc3)C(=O)N12. The summed E-state index contributed by atoms with van der Waals surface area (Å²) in [6.07, 6.45) is -2.10. The first kappa shape index (κ1) is 36.9. The lowest BCUT2D eigenvalue weighted by Gasteiger charge is -2.49. The molecule has 1 fully saturated rings. The summed E-state index contributed by atoms with van der Waals surface area (Å²) in [7, 11) is 0. The molecule has 0 spiro atoms. The number of esters is 1. The van der Waals surface area contributed by atoms with Crippen molar-refractivity contribution in [2.24, 2.45) is 5.92 Å². The second-order valence-corrected chi connectivity index (χ2v) is 15.2. The summed E-state index contributed by atoms with van der Waals surface area (Å²) < 4.78 is 18.4. The first-order chi connectivity index (χ1) is 20.9. The molecule has 2 aliphatic heterocycles. The molecule has 0 saturated carbocycles. The molecule has 2 aliphatic rings. The Morgan fingerprint density at radius 2 is 1.71 bits per heavy atom. The third-order valence-corrected chi connectivity index (χ3v) is 8.65. The summed E-state index contributed by atoms with van der Waals surface area (Å²) in [6, 6.07) is 6.21. The molecule has 2 unspecified atom stereocenters. The smallest absolute Gasteiger partial charge is 0.461 e. The van der Waals surface area contributed by atoms with Crippen LogP contribution in [-0.4, -0.2) is 80.3 Å². The van der Waals surface area contributed by atoms with E-state index in [1.165, 1.54) is 16.7 Å². The molecule has 12 nitrogen and oxygen atoms in total. The van der Waals surface area contributed by atoms with Crippen LogP contribution in [-0.2, 0) is 33.3 Å². The Labute approximate surface area is 284 Å². The van der Waals surface area contributed by atoms with Gasteiger partial charge in [-0.05, 0) is 32.3 Å². The largest absolute Gasteiger partial charge is 0.510 e. The predicted octanol–water partition coefficient (Wildman–Crippen LogP) is 5.19. The second kappa shape index (κ2) is 15.3. The van der Waals surface area contributed by atoms with E-state index in [0.717, 1.165) is 0 Å². The van der Waals surface area contributed by atoms with E-state index >= 15 is 0 Å². The molecule has 1 aromatic carbocycles. The molecule has 2 heterocycles. The summed E-state index contributed by atoms with van der Waals surface area (Å²) in [5, 5.41) is 4.55. The average Bonchev–Trinajstić information content (AvgIpc) is 2.94. The zero-order valence-corrected chi connectivity index (χ0v) is 28.8. The Morgan fingerprint density at radius 1 is 1.07 bits per heavy atom. The van der Waals surface area contributed by atoms with Crippen LogP contribution in [0.4, 0.5) is 9.59 Å². The first-order valence-electron chi connectivity index (χ1n) is 13.6. The van der Waals surface area contributed by atoms with E-state index in [-0.39, 0.29) is 29.5 Å². The van der Waals surface area contributed by atoms with E-state index in [9.17, 15) is 24.0 Å². The number of carbonyl (C=O) groups is 5. The number of carbonyl (C=O) groups excluding carboxylic acids is 5. The lowest BCUT2D eigenvalue weighted by Crippen LogP contribution is -2.71. The van der Waals surface area contributed by atoms with Crippen molar-refractivity contribution in [2.75, 3.05) is 19.0 Å². The third-order valence-electron chi connectivity index (χ3n) is 5.96. The van der Waals surface area contributed by atoms with Crippen LogP contribution >= 0.6 is 58.2 Å². The van der Waals surface area contributed by atoms with Crippen LogP contribution in [0.5, 0.6) is 0 Å². The maximum Gasteiger partial charge on any atom is 0.510 e. The van der Waals surface area contributed by atoms with Crippen LogP contribution in [0.25, 0.3) is 0 Å². The van der Waals surface area contributed by atoms with Crippen molar-refractivity contribution in [2.45, 2.75) is 67.0 Å². The number of nitrogens with zero attached hydrogens (tertiary/aromatic N) is 1. The van der Waals surface area contributed by atoms with Crippen molar-refractivity contribution in [1.82, 2.24) is 15.5 Å². The van der Waals surface area contributed by atoms with Gasteiger partial charge in [-0.1, -0.05) is 90.6 Å². The van der Waals surface area contributed by atoms with Crippen LogP contribution < -0.4 is 10.6 Å². The molecule has 1 saturated heterocycles. The zero-order chi connectivity index (χ0) is 33.7. The first-order valence-corrected chi connectivity index (χ1v) is 16.2. The maximum absolute atomic E-state index is 13.5. The molecular formula is C28H33Cl4N3O9S. The van der Waals surface area contributed by atoms with Gasteiger partial charge in [-0.2, -0.15) is 0 Å². The quantitative estimate of drug-likeness (QED) is 0.143. The van der Waals surface area contributed by atoms with Crippen LogP contribution in [0.3, 0.4) is 0 Å². The number of rotatable bonds is 10. The molecule has 3 amide bonds. The highest BCUT2D eigenvalue weighted by molar-refractivity contribution is 8.00. The number of halogens is 4. The molecule has 0 aromatic heterocycles. The minimum atomic E-state index is -2.12. The summed E-state index contributed by atoms with van der Waals surface area (Å²) in [5.74, 6) is -1.98. The van der Waals surface area contributed by atoms with Crippen LogP contribution in [0.1, 0.15) is 46.2 Å². The van der Waals surface area contributed by atoms with E-state index in [1.807, 2.05) is 13.8 Å². The van der Waals surface area contributed by atoms with Gasteiger partial charge in [0.05, 0.1) is 6.61 Å². The van der Waals surface area contributed by atoms with Gasteiger partial charge in [0, 0.05) is 11.3 Å². The van der Waals surface area contributed by atoms with Crippen LogP contribution in [0, 0.1) is 5.92 Å². The Bertz CT molecular complexity index is 1320. The van der Waals surface area contributed by atoms with Crippen LogP contribution in [0.15, 0.2) is 41.6 Å². The highest BCUT2D eigenvalue weighted by atomic mass is 35.6. The number of ether oxygens (including phenoxy) is 4. The molecule has 0 aliphatic carbocycles. The molecular weight excluding hydrogens is 696 g/mol. The fourth-order valence-electron chi connectivity index (χ4n) is 4.03. The van der Waals surface area contributed by atoms with E-state index in [0.29, 0.717) is 5.56 Å². The fraction of sp³-hybridized carbons (Fsp3) is 0.536. The highest BCUT2D eigenvalue weighted by Crippen LogP contribution is 2.41. The zero-order valence-electron chi connectivity index (χ0n) is 24.9. The number of amides is 3. The van der Waals surface area contributed by atoms with E-state index in [4.69, 9.17) is 65.4 Å². The van der Waals surface area contributed by atoms with Gasteiger partial charge in [-0.15, -0.1) is 11.8 Å². The van der Waals surface area contributed by atoms with Gasteiger partial charge in [0.2, 0.25) is 15.3 Å². The lowest BCUT2D eigenvalue weighted by atomic mass is 10.0. The number of nitrogens with one attached hydrogen (secondary N) is 2. The second-order valence-electron chi connectivity index (χ2n) is 11.3. The standard InChI is InChI=1S/C28H33Cl4N3O9S/c1-14(2)11-41-23(38)19-16(12-42-26(40)43-24(29)28(30,31)32)13-45-22-18(21(37)35(19)22)33-20(36)17(15-9-7-6-8-10-15)34-25(39)44-27(3,4)5/h6-10,14,17-18,22,24H,11-13H2,1-5H3,(H,33,36)(H,34,39)/t17?,18-,22-,24?/m1/s1. The Morgan fingerprint density at radius 3 is 2.29 bits per heavy atom. The van der Waals surface area contributed by atoms with Crippen molar-refractivity contribution in [1.29, 1.82) is 0 Å². The van der Waals surface area contributed by atoms with Crippen molar-refractivity contribution < 1.29 is 42.9 Å². The molecule has 2 N–H and O–H groups in total. The van der Waals surface area contributed by atoms with Crippen molar-refractivity contribution in [3.63, 3.8) is 0 Å². The molecule has 17 heteroatoms. The van der Waals surface area contributed by atoms with E-state index < -0.39 is 69.1 Å². The molecule has 4 atom stereocenters. The van der Waals surface area contributed by atoms with Gasteiger partial charge in [-0.25, -0.2) is 14.4 Å². The summed E-state index contributed by atoms with van der Waals surface area (Å²) >= 11 is 23.8. The number of alkyl carbamates (subject to hydrolysis) is 1. The van der Waals surface area contributed by atoms with Crippen LogP contribution in [0.2, 0.25) is 0 Å².